The van der Waals surface area contributed by atoms with Crippen molar-refractivity contribution >= 4 is 11.9 Å². The highest BCUT2D eigenvalue weighted by molar-refractivity contribution is 5.88. The van der Waals surface area contributed by atoms with E-state index in [1.807, 2.05) is 0 Å². The second kappa shape index (κ2) is 19.7. The SMILES string of the molecule is Cc1cc(C(O)(C(F)(F)F)C(F)(F)F)ccc1OCCCOc1ccc(C(C(=O)O)C(C(=O)O)c2ccc(OCCCOc3c(C)cc(C(O)(C(F)(F)F)C(F)(F)F)cc3C)cc2)cc1. The van der Waals surface area contributed by atoms with Gasteiger partial charge in [0.1, 0.15) is 23.0 Å². The van der Waals surface area contributed by atoms with Crippen LogP contribution in [-0.2, 0) is 20.8 Å². The number of ether oxygens (including phenoxy) is 4. The molecule has 4 N–H and O–H groups in total. The Kier molecular flexibility index (Phi) is 15.7. The van der Waals surface area contributed by atoms with Crippen LogP contribution in [0.25, 0.3) is 0 Å². The van der Waals surface area contributed by atoms with Gasteiger partial charge in [-0.05, 0) is 97.1 Å². The van der Waals surface area contributed by atoms with Crippen molar-refractivity contribution in [1.82, 2.24) is 0 Å². The molecule has 0 fully saturated rings. The van der Waals surface area contributed by atoms with E-state index in [4.69, 9.17) is 18.9 Å². The molecule has 0 bridgehead atoms. The van der Waals surface area contributed by atoms with Gasteiger partial charge < -0.3 is 39.4 Å². The molecule has 2 atom stereocenters. The van der Waals surface area contributed by atoms with Gasteiger partial charge in [0.15, 0.2) is 0 Å². The number of aliphatic hydroxyl groups is 2. The topological polar surface area (TPSA) is 152 Å². The van der Waals surface area contributed by atoms with Gasteiger partial charge in [-0.15, -0.1) is 0 Å². The zero-order valence-corrected chi connectivity index (χ0v) is 34.2. The maximum Gasteiger partial charge on any atom is 0.430 e. The lowest BCUT2D eigenvalue weighted by Crippen LogP contribution is -2.54. The normalized spacial score (nSPS) is 13.8. The van der Waals surface area contributed by atoms with Crippen molar-refractivity contribution < 1.29 is 102 Å². The molecular weight excluding hydrogens is 904 g/mol. The molecule has 0 heterocycles. The van der Waals surface area contributed by atoms with Crippen LogP contribution >= 0.6 is 0 Å². The fourth-order valence-electron chi connectivity index (χ4n) is 6.75. The fraction of sp³-hybridized carbons (Fsp3) is 0.395. The number of aliphatic carboxylic acids is 2. The van der Waals surface area contributed by atoms with Gasteiger partial charge in [-0.25, -0.2) is 0 Å². The van der Waals surface area contributed by atoms with Crippen LogP contribution in [0.15, 0.2) is 78.9 Å². The zero-order chi connectivity index (χ0) is 48.9. The lowest BCUT2D eigenvalue weighted by molar-refractivity contribution is -0.376. The minimum atomic E-state index is -6.06. The quantitative estimate of drug-likeness (QED) is 0.0528. The second-order valence-electron chi connectivity index (χ2n) is 14.7. The molecule has 0 aliphatic heterocycles. The van der Waals surface area contributed by atoms with Gasteiger partial charge in [0.2, 0.25) is 0 Å². The Morgan fingerprint density at radius 1 is 0.477 bits per heavy atom. The molecular formula is C43H40F12O10. The number of hydrogen-bond acceptors (Lipinski definition) is 8. The van der Waals surface area contributed by atoms with Crippen LogP contribution in [0, 0.1) is 20.8 Å². The Labute approximate surface area is 361 Å². The Hall–Kier alpha value is -5.90. The van der Waals surface area contributed by atoms with Crippen molar-refractivity contribution in [3.8, 4) is 23.0 Å². The van der Waals surface area contributed by atoms with E-state index in [-0.39, 0.29) is 90.1 Å². The van der Waals surface area contributed by atoms with Gasteiger partial charge in [0.05, 0.1) is 38.3 Å². The van der Waals surface area contributed by atoms with E-state index in [1.165, 1.54) is 69.3 Å². The molecule has 4 aromatic carbocycles. The van der Waals surface area contributed by atoms with E-state index in [0.717, 1.165) is 6.07 Å². The van der Waals surface area contributed by atoms with Crippen LogP contribution in [-0.4, -0.2) is 83.5 Å². The average molecular weight is 945 g/mol. The molecule has 0 spiro atoms. The first kappa shape index (κ1) is 51.7. The van der Waals surface area contributed by atoms with Gasteiger partial charge in [-0.3, -0.25) is 9.59 Å². The van der Waals surface area contributed by atoms with Crippen LogP contribution in [0.2, 0.25) is 0 Å². The minimum absolute atomic E-state index is 0.00179. The van der Waals surface area contributed by atoms with Gasteiger partial charge >= 0.3 is 36.6 Å². The summed E-state index contributed by atoms with van der Waals surface area (Å²) in [7, 11) is 0. The van der Waals surface area contributed by atoms with Gasteiger partial charge in [-0.1, -0.05) is 30.3 Å². The first-order valence-electron chi connectivity index (χ1n) is 19.1. The number of carbonyl (C=O) groups is 2. The number of carboxylic acids is 2. The molecule has 0 aliphatic carbocycles. The summed E-state index contributed by atoms with van der Waals surface area (Å²) in [5.41, 5.74) is -13.2. The smallest absolute Gasteiger partial charge is 0.430 e. The molecule has 0 aliphatic rings. The van der Waals surface area contributed by atoms with Gasteiger partial charge in [-0.2, -0.15) is 52.7 Å². The first-order chi connectivity index (χ1) is 30.0. The molecule has 10 nitrogen and oxygen atoms in total. The molecule has 0 radical (unpaired) electrons. The summed E-state index contributed by atoms with van der Waals surface area (Å²) in [6.45, 7) is 3.41. The lowest BCUT2D eigenvalue weighted by Gasteiger charge is -2.33. The summed E-state index contributed by atoms with van der Waals surface area (Å²) >= 11 is 0. The lowest BCUT2D eigenvalue weighted by atomic mass is 9.81. The third-order valence-corrected chi connectivity index (χ3v) is 10.1. The van der Waals surface area contributed by atoms with Crippen LogP contribution in [0.3, 0.4) is 0 Å². The summed E-state index contributed by atoms with van der Waals surface area (Å²) in [5, 5.41) is 39.6. The summed E-state index contributed by atoms with van der Waals surface area (Å²) in [4.78, 5) is 24.9. The van der Waals surface area contributed by atoms with Gasteiger partial charge in [0.25, 0.3) is 11.2 Å². The average Bonchev–Trinajstić information content (AvgIpc) is 3.19. The van der Waals surface area contributed by atoms with Crippen molar-refractivity contribution in [2.45, 2.75) is 81.4 Å². The van der Waals surface area contributed by atoms with E-state index < -0.39 is 70.8 Å². The Bertz CT molecular complexity index is 2220. The molecule has 2 unspecified atom stereocenters. The molecule has 0 saturated carbocycles. The number of alkyl halides is 12. The van der Waals surface area contributed by atoms with Crippen LogP contribution in [0.1, 0.15) is 63.6 Å². The molecule has 4 rings (SSSR count). The highest BCUT2D eigenvalue weighted by Gasteiger charge is 2.72. The van der Waals surface area contributed by atoms with Crippen molar-refractivity contribution in [1.29, 1.82) is 0 Å². The summed E-state index contributed by atoms with van der Waals surface area (Å²) in [5.74, 6) is -5.69. The number of carboxylic acid groups (broad SMARTS) is 2. The second-order valence-corrected chi connectivity index (χ2v) is 14.7. The number of benzene rings is 4. The Morgan fingerprint density at radius 3 is 1.17 bits per heavy atom. The molecule has 22 heteroatoms. The van der Waals surface area contributed by atoms with Crippen molar-refractivity contribution in [2.75, 3.05) is 26.4 Å². The largest absolute Gasteiger partial charge is 0.493 e. The number of halogens is 12. The number of aryl methyl sites for hydroxylation is 3. The predicted octanol–water partition coefficient (Wildman–Crippen LogP) is 9.97. The highest BCUT2D eigenvalue weighted by atomic mass is 19.4. The van der Waals surface area contributed by atoms with Crippen molar-refractivity contribution in [3.05, 3.63) is 118 Å². The molecule has 4 aromatic rings. The number of rotatable bonds is 19. The van der Waals surface area contributed by atoms with E-state index in [1.54, 1.807) is 0 Å². The monoisotopic (exact) mass is 944 g/mol. The molecule has 65 heavy (non-hydrogen) atoms. The highest BCUT2D eigenvalue weighted by Crippen LogP contribution is 2.52. The molecule has 0 amide bonds. The summed E-state index contributed by atoms with van der Waals surface area (Å²) in [6.07, 6.45) is -23.9. The van der Waals surface area contributed by atoms with Crippen LogP contribution in [0.5, 0.6) is 23.0 Å². The molecule has 356 valence electrons. The van der Waals surface area contributed by atoms with E-state index in [9.17, 15) is 82.7 Å². The zero-order valence-electron chi connectivity index (χ0n) is 34.2. The third kappa shape index (κ3) is 11.3. The maximum absolute atomic E-state index is 13.4. The van der Waals surface area contributed by atoms with E-state index in [2.05, 4.69) is 0 Å². The minimum Gasteiger partial charge on any atom is -0.493 e. The van der Waals surface area contributed by atoms with Crippen LogP contribution < -0.4 is 18.9 Å². The third-order valence-electron chi connectivity index (χ3n) is 10.1. The molecule has 0 saturated heterocycles. The summed E-state index contributed by atoms with van der Waals surface area (Å²) < 4.78 is 182. The van der Waals surface area contributed by atoms with Crippen molar-refractivity contribution in [3.63, 3.8) is 0 Å². The molecule has 0 aromatic heterocycles. The Balaban J connectivity index is 1.31. The standard InChI is InChI=1S/C43H40F12O10/c1-23-20-28(38(60,40(44,45)46)41(47,48)49)10-15-32(23)64-18-4-16-62-30-11-6-26(7-12-30)33(36(56)57)34(37(58)59)27-8-13-31(14-9-27)63-17-5-19-65-35-24(2)21-29(22-25(35)3)39(61,42(50,51)52)43(53,54)55/h6-15,20-22,33-34,60-61H,4-5,16-19H2,1-3H3,(H,56,57)(H,58,59). The Morgan fingerprint density at radius 2 is 0.815 bits per heavy atom. The maximum atomic E-state index is 13.4. The van der Waals surface area contributed by atoms with Crippen molar-refractivity contribution in [2.24, 2.45) is 0 Å². The van der Waals surface area contributed by atoms with E-state index in [0.29, 0.717) is 24.3 Å². The van der Waals surface area contributed by atoms with Crippen LogP contribution in [0.4, 0.5) is 52.7 Å². The predicted molar refractivity (Wildman–Crippen MR) is 204 cm³/mol. The van der Waals surface area contributed by atoms with E-state index >= 15 is 0 Å². The summed E-state index contributed by atoms with van der Waals surface area (Å²) in [6, 6.07) is 13.8. The number of hydrogen-bond donors (Lipinski definition) is 4. The fourth-order valence-corrected chi connectivity index (χ4v) is 6.75. The van der Waals surface area contributed by atoms with Gasteiger partial charge in [0, 0.05) is 24.0 Å². The first-order valence-corrected chi connectivity index (χ1v) is 19.1.